The van der Waals surface area contributed by atoms with Gasteiger partial charge in [-0.15, -0.1) is 11.8 Å². The average molecular weight is 311 g/mol. The lowest BCUT2D eigenvalue weighted by molar-refractivity contribution is -0.227. The van der Waals surface area contributed by atoms with Crippen LogP contribution in [-0.4, -0.2) is 51.6 Å². The Kier molecular flexibility index (Phi) is 3.73. The number of thioether (sulfide) groups is 1. The zero-order chi connectivity index (χ0) is 15.2. The third kappa shape index (κ3) is 2.27. The minimum Gasteiger partial charge on any atom is -0.481 e. The first-order valence-corrected chi connectivity index (χ1v) is 7.34. The molecule has 0 aromatic heterocycles. The van der Waals surface area contributed by atoms with Crippen molar-refractivity contribution in [3.63, 3.8) is 0 Å². The van der Waals surface area contributed by atoms with E-state index in [2.05, 4.69) is 0 Å². The number of nitrogens with zero attached hydrogens (tertiary/aromatic N) is 1. The number of rotatable bonds is 2. The third-order valence-corrected chi connectivity index (χ3v) is 5.69. The van der Waals surface area contributed by atoms with Crippen molar-refractivity contribution in [2.45, 2.75) is 37.1 Å². The minimum absolute atomic E-state index is 0.152. The van der Waals surface area contributed by atoms with E-state index in [1.165, 1.54) is 11.8 Å². The van der Waals surface area contributed by atoms with E-state index >= 15 is 0 Å². The summed E-state index contributed by atoms with van der Waals surface area (Å²) in [6, 6.07) is 0. The molecule has 2 atom stereocenters. The highest BCUT2D eigenvalue weighted by molar-refractivity contribution is 8.01. The lowest BCUT2D eigenvalue weighted by atomic mass is 9.86. The molecule has 2 rings (SSSR count). The molecule has 0 bridgehead atoms. The number of halogens is 3. The molecule has 114 valence electrons. The van der Waals surface area contributed by atoms with Gasteiger partial charge in [-0.3, -0.25) is 9.59 Å². The Balaban J connectivity index is 2.19. The number of hydrogen-bond acceptors (Lipinski definition) is 3. The molecule has 2 saturated heterocycles. The summed E-state index contributed by atoms with van der Waals surface area (Å²) in [6.07, 6.45) is -3.95. The van der Waals surface area contributed by atoms with Crippen LogP contribution in [-0.2, 0) is 9.59 Å². The molecule has 1 amide bonds. The number of aliphatic carboxylic acids is 1. The van der Waals surface area contributed by atoms with E-state index in [1.807, 2.05) is 0 Å². The third-order valence-electron chi connectivity index (χ3n) is 4.18. The zero-order valence-electron chi connectivity index (χ0n) is 11.0. The van der Waals surface area contributed by atoms with Gasteiger partial charge in [0.2, 0.25) is 5.91 Å². The van der Waals surface area contributed by atoms with Crippen molar-refractivity contribution in [1.29, 1.82) is 0 Å². The van der Waals surface area contributed by atoms with Crippen LogP contribution < -0.4 is 0 Å². The standard InChI is InChI=1S/C12H16F3NO3S/c1-10(3-2-6-20-10)8(17)16-5-4-11(7-16,9(18)19)12(13,14)15/h2-7H2,1H3,(H,18,19). The number of carbonyl (C=O) groups excluding carboxylic acids is 1. The van der Waals surface area contributed by atoms with Crippen LogP contribution in [0, 0.1) is 5.41 Å². The van der Waals surface area contributed by atoms with Crippen LogP contribution in [0.15, 0.2) is 0 Å². The minimum atomic E-state index is -4.85. The number of likely N-dealkylation sites (tertiary alicyclic amines) is 1. The maximum Gasteiger partial charge on any atom is 0.406 e. The number of carboxylic acid groups (broad SMARTS) is 1. The summed E-state index contributed by atoms with van der Waals surface area (Å²) in [6.45, 7) is 0.795. The lowest BCUT2D eigenvalue weighted by Crippen LogP contribution is -2.50. The van der Waals surface area contributed by atoms with Crippen LogP contribution in [0.1, 0.15) is 26.2 Å². The predicted molar refractivity (Wildman–Crippen MR) is 67.4 cm³/mol. The molecule has 2 aliphatic heterocycles. The highest BCUT2D eigenvalue weighted by atomic mass is 32.2. The van der Waals surface area contributed by atoms with Crippen molar-refractivity contribution in [2.75, 3.05) is 18.8 Å². The molecule has 8 heteroatoms. The Morgan fingerprint density at radius 2 is 1.95 bits per heavy atom. The molecule has 0 saturated carbocycles. The molecule has 0 spiro atoms. The average Bonchev–Trinajstić information content (AvgIpc) is 2.94. The van der Waals surface area contributed by atoms with Crippen LogP contribution >= 0.6 is 11.8 Å². The van der Waals surface area contributed by atoms with Crippen LogP contribution in [0.5, 0.6) is 0 Å². The fourth-order valence-electron chi connectivity index (χ4n) is 2.79. The Bertz CT molecular complexity index is 434. The normalized spacial score (nSPS) is 34.5. The predicted octanol–water partition coefficient (Wildman–Crippen LogP) is 2.14. The molecule has 0 aromatic carbocycles. The quantitative estimate of drug-likeness (QED) is 0.849. The molecule has 1 N–H and O–H groups in total. The van der Waals surface area contributed by atoms with Crippen molar-refractivity contribution in [3.8, 4) is 0 Å². The first kappa shape index (κ1) is 15.5. The van der Waals surface area contributed by atoms with Gasteiger partial charge < -0.3 is 10.0 Å². The molecular weight excluding hydrogens is 295 g/mol. The van der Waals surface area contributed by atoms with Gasteiger partial charge in [-0.2, -0.15) is 13.2 Å². The Morgan fingerprint density at radius 3 is 2.35 bits per heavy atom. The summed E-state index contributed by atoms with van der Waals surface area (Å²) in [7, 11) is 0. The van der Waals surface area contributed by atoms with Gasteiger partial charge in [0, 0.05) is 13.1 Å². The van der Waals surface area contributed by atoms with Crippen molar-refractivity contribution < 1.29 is 27.9 Å². The maximum absolute atomic E-state index is 13.1. The molecule has 2 aliphatic rings. The van der Waals surface area contributed by atoms with E-state index < -0.39 is 35.3 Å². The number of hydrogen-bond donors (Lipinski definition) is 1. The second-order valence-electron chi connectivity index (χ2n) is 5.54. The van der Waals surface area contributed by atoms with E-state index in [-0.39, 0.29) is 12.5 Å². The molecule has 20 heavy (non-hydrogen) atoms. The van der Waals surface area contributed by atoms with E-state index in [0.29, 0.717) is 6.42 Å². The van der Waals surface area contributed by atoms with Crippen molar-refractivity contribution in [3.05, 3.63) is 0 Å². The van der Waals surface area contributed by atoms with Crippen LogP contribution in [0.3, 0.4) is 0 Å². The van der Waals surface area contributed by atoms with Gasteiger partial charge in [-0.25, -0.2) is 0 Å². The van der Waals surface area contributed by atoms with Gasteiger partial charge in [0.05, 0.1) is 4.75 Å². The van der Waals surface area contributed by atoms with Gasteiger partial charge in [-0.05, 0) is 31.9 Å². The molecule has 2 heterocycles. The second-order valence-corrected chi connectivity index (χ2v) is 7.14. The van der Waals surface area contributed by atoms with Crippen LogP contribution in [0.25, 0.3) is 0 Å². The number of amides is 1. The molecular formula is C12H16F3NO3S. The fourth-order valence-corrected chi connectivity index (χ4v) is 4.07. The Morgan fingerprint density at radius 1 is 1.30 bits per heavy atom. The highest BCUT2D eigenvalue weighted by Crippen LogP contribution is 2.47. The van der Waals surface area contributed by atoms with Gasteiger partial charge in [0.1, 0.15) is 0 Å². The van der Waals surface area contributed by atoms with Crippen LogP contribution in [0.4, 0.5) is 13.2 Å². The van der Waals surface area contributed by atoms with Crippen LogP contribution in [0.2, 0.25) is 0 Å². The lowest BCUT2D eigenvalue weighted by Gasteiger charge is -2.30. The monoisotopic (exact) mass is 311 g/mol. The maximum atomic E-state index is 13.1. The Labute approximate surface area is 118 Å². The molecule has 0 aliphatic carbocycles. The smallest absolute Gasteiger partial charge is 0.406 e. The SMILES string of the molecule is CC1(C(=O)N2CCC(C(=O)O)(C(F)(F)F)C2)CCCS1. The van der Waals surface area contributed by atoms with Gasteiger partial charge in [0.15, 0.2) is 5.41 Å². The van der Waals surface area contributed by atoms with E-state index in [4.69, 9.17) is 5.11 Å². The molecule has 2 fully saturated rings. The summed E-state index contributed by atoms with van der Waals surface area (Å²) in [4.78, 5) is 24.5. The summed E-state index contributed by atoms with van der Waals surface area (Å²) < 4.78 is 38.4. The van der Waals surface area contributed by atoms with E-state index in [0.717, 1.165) is 17.1 Å². The molecule has 0 radical (unpaired) electrons. The second kappa shape index (κ2) is 4.82. The number of alkyl halides is 3. The summed E-state index contributed by atoms with van der Waals surface area (Å²) in [5, 5.41) is 8.97. The largest absolute Gasteiger partial charge is 0.481 e. The Hall–Kier alpha value is -0.920. The van der Waals surface area contributed by atoms with E-state index in [1.54, 1.807) is 6.92 Å². The van der Waals surface area contributed by atoms with Gasteiger partial charge >= 0.3 is 12.1 Å². The first-order chi connectivity index (χ1) is 9.12. The number of carboxylic acids is 1. The van der Waals surface area contributed by atoms with E-state index in [9.17, 15) is 22.8 Å². The summed E-state index contributed by atoms with van der Waals surface area (Å²) >= 11 is 1.44. The summed E-state index contributed by atoms with van der Waals surface area (Å²) in [5.41, 5.74) is -2.82. The zero-order valence-corrected chi connectivity index (χ0v) is 11.8. The highest BCUT2D eigenvalue weighted by Gasteiger charge is 2.64. The van der Waals surface area contributed by atoms with Gasteiger partial charge in [-0.1, -0.05) is 0 Å². The first-order valence-electron chi connectivity index (χ1n) is 6.36. The molecule has 0 aromatic rings. The fraction of sp³-hybridized carbons (Fsp3) is 0.833. The molecule has 2 unspecified atom stereocenters. The van der Waals surface area contributed by atoms with Crippen molar-refractivity contribution >= 4 is 23.6 Å². The van der Waals surface area contributed by atoms with Gasteiger partial charge in [0.25, 0.3) is 0 Å². The number of carbonyl (C=O) groups is 2. The van der Waals surface area contributed by atoms with Crippen molar-refractivity contribution in [1.82, 2.24) is 4.90 Å². The molecule has 4 nitrogen and oxygen atoms in total. The topological polar surface area (TPSA) is 57.6 Å². The van der Waals surface area contributed by atoms with Crippen molar-refractivity contribution in [2.24, 2.45) is 5.41 Å². The summed E-state index contributed by atoms with van der Waals surface area (Å²) in [5.74, 6) is -1.46.